The molecule has 1 saturated heterocycles. The van der Waals surface area contributed by atoms with Crippen LogP contribution in [0.15, 0.2) is 12.1 Å². The van der Waals surface area contributed by atoms with Crippen molar-refractivity contribution in [3.8, 4) is 0 Å². The van der Waals surface area contributed by atoms with Crippen molar-refractivity contribution in [1.29, 1.82) is 0 Å². The molecule has 9 nitrogen and oxygen atoms in total. The predicted molar refractivity (Wildman–Crippen MR) is 94.5 cm³/mol. The zero-order chi connectivity index (χ0) is 18.8. The van der Waals surface area contributed by atoms with Crippen LogP contribution in [0.25, 0.3) is 0 Å². The topological polar surface area (TPSA) is 115 Å². The number of hydrogen-bond donors (Lipinski definition) is 1. The van der Waals surface area contributed by atoms with E-state index < -0.39 is 10.5 Å². The van der Waals surface area contributed by atoms with Crippen LogP contribution < -0.4 is 10.6 Å². The van der Waals surface area contributed by atoms with Gasteiger partial charge in [0.15, 0.2) is 0 Å². The van der Waals surface area contributed by atoms with E-state index >= 15 is 0 Å². The van der Waals surface area contributed by atoms with E-state index in [0.29, 0.717) is 25.5 Å². The van der Waals surface area contributed by atoms with Gasteiger partial charge in [-0.3, -0.25) is 10.1 Å². The number of nitro groups is 1. The van der Waals surface area contributed by atoms with Gasteiger partial charge in [0.1, 0.15) is 11.4 Å². The Labute approximate surface area is 146 Å². The molecule has 0 radical (unpaired) electrons. The Morgan fingerprint density at radius 3 is 2.60 bits per heavy atom. The molecule has 1 atom stereocenters. The second-order valence-corrected chi connectivity index (χ2v) is 7.13. The number of nitrogens with zero attached hydrogens (tertiary/aromatic N) is 4. The number of nitrogens with two attached hydrogens (primary N) is 1. The molecule has 0 bridgehead atoms. The molecule has 138 valence electrons. The molecule has 9 heteroatoms. The van der Waals surface area contributed by atoms with Gasteiger partial charge in [-0.25, -0.2) is 9.78 Å². The first-order valence-electron chi connectivity index (χ1n) is 8.24. The molecular formula is C16H25N5O4. The molecule has 2 heterocycles. The van der Waals surface area contributed by atoms with E-state index in [1.54, 1.807) is 11.0 Å². The lowest BCUT2D eigenvalue weighted by Crippen LogP contribution is -2.39. The average molecular weight is 351 g/mol. The van der Waals surface area contributed by atoms with Crippen molar-refractivity contribution < 1.29 is 14.5 Å². The van der Waals surface area contributed by atoms with Gasteiger partial charge in [0, 0.05) is 31.7 Å². The maximum Gasteiger partial charge on any atom is 0.410 e. The smallest absolute Gasteiger partial charge is 0.410 e. The fourth-order valence-electron chi connectivity index (χ4n) is 2.68. The number of anilines is 2. The molecule has 0 aromatic carbocycles. The Morgan fingerprint density at radius 1 is 1.36 bits per heavy atom. The number of carbonyl (C=O) groups excluding carboxylic acids is 1. The minimum atomic E-state index is -0.553. The summed E-state index contributed by atoms with van der Waals surface area (Å²) in [6, 6.07) is 3.07. The van der Waals surface area contributed by atoms with Crippen LogP contribution in [0.1, 0.15) is 34.1 Å². The summed E-state index contributed by atoms with van der Waals surface area (Å²) in [5.74, 6) is 0.463. The minimum Gasteiger partial charge on any atom is -0.444 e. The standard InChI is InChI=1S/C16H25N5O4/c1-11-7-8-19(15(22)25-16(2,3)4)9-10-20(11)13-6-5-12(21(23)24)14(17)18-13/h5-6,11H,7-10H2,1-4H3,(H2,17,18). The first-order valence-corrected chi connectivity index (χ1v) is 8.24. The first-order chi connectivity index (χ1) is 11.6. The van der Waals surface area contributed by atoms with Crippen LogP contribution in [0, 0.1) is 10.1 Å². The van der Waals surface area contributed by atoms with Crippen LogP contribution in [0.2, 0.25) is 0 Å². The molecule has 1 amide bonds. The number of aromatic nitrogens is 1. The third-order valence-corrected chi connectivity index (χ3v) is 3.99. The number of nitrogen functional groups attached to an aromatic ring is 1. The highest BCUT2D eigenvalue weighted by molar-refractivity contribution is 5.68. The SMILES string of the molecule is CC1CCN(C(=O)OC(C)(C)C)CCN1c1ccc([N+](=O)[O-])c(N)n1. The van der Waals surface area contributed by atoms with Crippen molar-refractivity contribution in [2.75, 3.05) is 30.3 Å². The summed E-state index contributed by atoms with van der Waals surface area (Å²) in [6.07, 6.45) is 0.399. The maximum atomic E-state index is 12.3. The monoisotopic (exact) mass is 351 g/mol. The largest absolute Gasteiger partial charge is 0.444 e. The van der Waals surface area contributed by atoms with Gasteiger partial charge < -0.3 is 20.3 Å². The Kier molecular flexibility index (Phi) is 5.34. The van der Waals surface area contributed by atoms with Gasteiger partial charge in [0.2, 0.25) is 5.82 Å². The summed E-state index contributed by atoms with van der Waals surface area (Å²) >= 11 is 0. The van der Waals surface area contributed by atoms with Crippen LogP contribution in [0.3, 0.4) is 0 Å². The number of hydrogen-bond acceptors (Lipinski definition) is 7. The lowest BCUT2D eigenvalue weighted by atomic mass is 10.2. The van der Waals surface area contributed by atoms with Crippen LogP contribution in [-0.2, 0) is 4.74 Å². The quantitative estimate of drug-likeness (QED) is 0.642. The highest BCUT2D eigenvalue weighted by Gasteiger charge is 2.28. The lowest BCUT2D eigenvalue weighted by Gasteiger charge is -2.28. The molecule has 1 aliphatic heterocycles. The summed E-state index contributed by atoms with van der Waals surface area (Å²) in [5.41, 5.74) is 4.95. The highest BCUT2D eigenvalue weighted by atomic mass is 16.6. The van der Waals surface area contributed by atoms with Crippen molar-refractivity contribution in [3.05, 3.63) is 22.2 Å². The Bertz CT molecular complexity index is 658. The molecule has 1 aliphatic rings. The van der Waals surface area contributed by atoms with Gasteiger partial charge in [-0.2, -0.15) is 0 Å². The number of pyridine rings is 1. The van der Waals surface area contributed by atoms with E-state index in [1.807, 2.05) is 32.6 Å². The van der Waals surface area contributed by atoms with Gasteiger partial charge in [-0.05, 0) is 40.2 Å². The van der Waals surface area contributed by atoms with E-state index in [-0.39, 0.29) is 23.6 Å². The molecule has 25 heavy (non-hydrogen) atoms. The van der Waals surface area contributed by atoms with Gasteiger partial charge in [0.25, 0.3) is 0 Å². The number of ether oxygens (including phenoxy) is 1. The van der Waals surface area contributed by atoms with Crippen LogP contribution >= 0.6 is 0 Å². The maximum absolute atomic E-state index is 12.3. The van der Waals surface area contributed by atoms with Crippen molar-refractivity contribution in [3.63, 3.8) is 0 Å². The average Bonchev–Trinajstić information content (AvgIpc) is 2.67. The molecule has 2 rings (SSSR count). The van der Waals surface area contributed by atoms with E-state index in [0.717, 1.165) is 6.42 Å². The molecule has 1 fully saturated rings. The van der Waals surface area contributed by atoms with E-state index in [2.05, 4.69) is 4.98 Å². The van der Waals surface area contributed by atoms with Crippen LogP contribution in [0.4, 0.5) is 22.1 Å². The van der Waals surface area contributed by atoms with Gasteiger partial charge in [0.05, 0.1) is 4.92 Å². The van der Waals surface area contributed by atoms with Crippen molar-refractivity contribution >= 4 is 23.4 Å². The third-order valence-electron chi connectivity index (χ3n) is 3.99. The summed E-state index contributed by atoms with van der Waals surface area (Å²) in [4.78, 5) is 30.4. The predicted octanol–water partition coefficient (Wildman–Crippen LogP) is 2.41. The number of carbonyl (C=O) groups is 1. The lowest BCUT2D eigenvalue weighted by molar-refractivity contribution is -0.384. The zero-order valence-corrected chi connectivity index (χ0v) is 15.1. The summed E-state index contributed by atoms with van der Waals surface area (Å²) < 4.78 is 5.43. The normalized spacial score (nSPS) is 18.6. The van der Waals surface area contributed by atoms with Gasteiger partial charge >= 0.3 is 11.8 Å². The second kappa shape index (κ2) is 7.12. The van der Waals surface area contributed by atoms with Crippen LogP contribution in [0.5, 0.6) is 0 Å². The summed E-state index contributed by atoms with van der Waals surface area (Å²) in [7, 11) is 0. The molecule has 1 aromatic rings. The first kappa shape index (κ1) is 18.8. The fourth-order valence-corrected chi connectivity index (χ4v) is 2.68. The highest BCUT2D eigenvalue weighted by Crippen LogP contribution is 2.26. The number of amides is 1. The minimum absolute atomic E-state index is 0.108. The molecule has 0 aliphatic carbocycles. The van der Waals surface area contributed by atoms with E-state index in [4.69, 9.17) is 10.5 Å². The molecule has 1 unspecified atom stereocenters. The molecule has 0 saturated carbocycles. The van der Waals surface area contributed by atoms with Crippen LogP contribution in [-0.4, -0.2) is 52.2 Å². The fraction of sp³-hybridized carbons (Fsp3) is 0.625. The zero-order valence-electron chi connectivity index (χ0n) is 15.1. The number of rotatable bonds is 2. The van der Waals surface area contributed by atoms with E-state index in [9.17, 15) is 14.9 Å². The van der Waals surface area contributed by atoms with Gasteiger partial charge in [-0.15, -0.1) is 0 Å². The molecule has 0 spiro atoms. The molecule has 2 N–H and O–H groups in total. The summed E-state index contributed by atoms with van der Waals surface area (Å²) in [6.45, 7) is 9.14. The van der Waals surface area contributed by atoms with Crippen molar-refractivity contribution in [2.45, 2.75) is 45.8 Å². The van der Waals surface area contributed by atoms with Crippen molar-refractivity contribution in [2.24, 2.45) is 0 Å². The Balaban J connectivity index is 2.12. The summed E-state index contributed by atoms with van der Waals surface area (Å²) in [5, 5.41) is 10.9. The molecule has 1 aromatic heterocycles. The van der Waals surface area contributed by atoms with Crippen molar-refractivity contribution in [1.82, 2.24) is 9.88 Å². The van der Waals surface area contributed by atoms with E-state index in [1.165, 1.54) is 6.07 Å². The second-order valence-electron chi connectivity index (χ2n) is 7.13. The molecular weight excluding hydrogens is 326 g/mol. The Hall–Kier alpha value is -2.58. The Morgan fingerprint density at radius 2 is 2.04 bits per heavy atom. The third kappa shape index (κ3) is 4.71. The van der Waals surface area contributed by atoms with Gasteiger partial charge in [-0.1, -0.05) is 0 Å².